The highest BCUT2D eigenvalue weighted by Gasteiger charge is 2.30. The molecule has 3 heterocycles. The van der Waals surface area contributed by atoms with Crippen LogP contribution in [-0.4, -0.2) is 50.4 Å². The molecule has 4 rings (SSSR count). The Bertz CT molecular complexity index is 1120. The number of amides is 1. The number of morpholine rings is 1. The van der Waals surface area contributed by atoms with Crippen molar-refractivity contribution in [1.29, 1.82) is 0 Å². The number of aromatic amines is 2. The van der Waals surface area contributed by atoms with E-state index in [0.29, 0.717) is 42.1 Å². The zero-order chi connectivity index (χ0) is 19.0. The number of benzene rings is 1. The highest BCUT2D eigenvalue weighted by Crippen LogP contribution is 2.28. The van der Waals surface area contributed by atoms with Crippen molar-refractivity contribution in [3.05, 3.63) is 62.8 Å². The maximum absolute atomic E-state index is 12.0. The van der Waals surface area contributed by atoms with E-state index in [-0.39, 0.29) is 11.6 Å². The lowest BCUT2D eigenvalue weighted by molar-refractivity contribution is -0.00118. The first-order valence-electron chi connectivity index (χ1n) is 8.51. The summed E-state index contributed by atoms with van der Waals surface area (Å²) in [6, 6.07) is 9.05. The van der Waals surface area contributed by atoms with Crippen molar-refractivity contribution in [3.8, 4) is 0 Å². The second kappa shape index (κ2) is 7.01. The largest absolute Gasteiger partial charge is 0.465 e. The molecule has 0 radical (unpaired) electrons. The van der Waals surface area contributed by atoms with E-state index < -0.39 is 6.09 Å². The monoisotopic (exact) mass is 386 g/mol. The van der Waals surface area contributed by atoms with Gasteiger partial charge in [-0.05, 0) is 29.4 Å². The van der Waals surface area contributed by atoms with Crippen molar-refractivity contribution in [2.45, 2.75) is 12.6 Å². The van der Waals surface area contributed by atoms with Gasteiger partial charge in [-0.3, -0.25) is 14.7 Å². The molecule has 8 nitrogen and oxygen atoms in total. The van der Waals surface area contributed by atoms with E-state index in [4.69, 9.17) is 17.0 Å². The van der Waals surface area contributed by atoms with E-state index in [0.717, 1.165) is 11.1 Å². The molecule has 0 bridgehead atoms. The Hall–Kier alpha value is -2.91. The van der Waals surface area contributed by atoms with E-state index in [1.807, 2.05) is 28.8 Å². The van der Waals surface area contributed by atoms with Gasteiger partial charge >= 0.3 is 6.09 Å². The summed E-state index contributed by atoms with van der Waals surface area (Å²) in [4.78, 5) is 30.7. The molecule has 0 unspecified atom stereocenters. The van der Waals surface area contributed by atoms with E-state index in [1.165, 1.54) is 4.90 Å². The number of hydrogen-bond donors (Lipinski definition) is 3. The Labute approximate surface area is 159 Å². The Morgan fingerprint density at radius 1 is 1.33 bits per heavy atom. The fourth-order valence-electron chi connectivity index (χ4n) is 3.53. The fourth-order valence-corrected chi connectivity index (χ4v) is 3.78. The summed E-state index contributed by atoms with van der Waals surface area (Å²) < 4.78 is 7.68. The van der Waals surface area contributed by atoms with Crippen molar-refractivity contribution < 1.29 is 14.6 Å². The van der Waals surface area contributed by atoms with E-state index in [1.54, 1.807) is 12.3 Å². The molecule has 1 atom stereocenters. The molecule has 2 aromatic heterocycles. The zero-order valence-corrected chi connectivity index (χ0v) is 15.2. The van der Waals surface area contributed by atoms with Crippen LogP contribution in [0.3, 0.4) is 0 Å². The summed E-state index contributed by atoms with van der Waals surface area (Å²) in [6.07, 6.45) is 0.727. The molecule has 1 aliphatic heterocycles. The van der Waals surface area contributed by atoms with Gasteiger partial charge in [-0.25, -0.2) is 4.79 Å². The van der Waals surface area contributed by atoms with Crippen LogP contribution in [0, 0.1) is 4.77 Å². The third-order valence-corrected chi connectivity index (χ3v) is 5.15. The number of aromatic nitrogens is 3. The first-order chi connectivity index (χ1) is 13.1. The molecule has 140 valence electrons. The van der Waals surface area contributed by atoms with Gasteiger partial charge in [0, 0.05) is 12.7 Å². The lowest BCUT2D eigenvalue weighted by Crippen LogP contribution is -2.43. The average Bonchev–Trinajstić information content (AvgIpc) is 3.16. The number of nitrogens with zero attached hydrogens (tertiary/aromatic N) is 2. The number of nitrogens with one attached hydrogen (secondary N) is 2. The van der Waals surface area contributed by atoms with Crippen molar-refractivity contribution >= 4 is 29.3 Å². The number of fused-ring (bicyclic) bond motifs is 1. The molecule has 1 amide bonds. The van der Waals surface area contributed by atoms with Crippen molar-refractivity contribution in [3.63, 3.8) is 0 Å². The van der Waals surface area contributed by atoms with Crippen LogP contribution in [0.4, 0.5) is 4.79 Å². The van der Waals surface area contributed by atoms with E-state index in [9.17, 15) is 14.7 Å². The van der Waals surface area contributed by atoms with Gasteiger partial charge in [-0.1, -0.05) is 24.3 Å². The van der Waals surface area contributed by atoms with Crippen LogP contribution in [0.25, 0.3) is 11.0 Å². The van der Waals surface area contributed by atoms with Gasteiger partial charge < -0.3 is 19.4 Å². The fraction of sp³-hybridized carbons (Fsp3) is 0.278. The highest BCUT2D eigenvalue weighted by molar-refractivity contribution is 7.71. The Balaban J connectivity index is 1.79. The topological polar surface area (TPSA) is 103 Å². The molecule has 0 aliphatic carbocycles. The van der Waals surface area contributed by atoms with Gasteiger partial charge in [0.25, 0.3) is 5.56 Å². The number of carbonyl (C=O) groups is 1. The smallest absolute Gasteiger partial charge is 0.407 e. The van der Waals surface area contributed by atoms with Crippen LogP contribution in [0.1, 0.15) is 17.2 Å². The molecule has 1 fully saturated rings. The summed E-state index contributed by atoms with van der Waals surface area (Å²) in [6.45, 7) is 1.43. The van der Waals surface area contributed by atoms with E-state index >= 15 is 0 Å². The molecular weight excluding hydrogens is 368 g/mol. The van der Waals surface area contributed by atoms with Crippen molar-refractivity contribution in [2.24, 2.45) is 0 Å². The lowest BCUT2D eigenvalue weighted by Gasteiger charge is -2.34. The lowest BCUT2D eigenvalue weighted by atomic mass is 9.98. The Morgan fingerprint density at radius 3 is 2.96 bits per heavy atom. The molecule has 3 aromatic rings. The first kappa shape index (κ1) is 17.5. The predicted molar refractivity (Wildman–Crippen MR) is 102 cm³/mol. The van der Waals surface area contributed by atoms with Crippen LogP contribution < -0.4 is 5.56 Å². The predicted octanol–water partition coefficient (Wildman–Crippen LogP) is 2.49. The summed E-state index contributed by atoms with van der Waals surface area (Å²) in [5.41, 5.74) is 2.69. The summed E-state index contributed by atoms with van der Waals surface area (Å²) in [5, 5.41) is 9.54. The molecule has 1 aliphatic rings. The highest BCUT2D eigenvalue weighted by atomic mass is 32.1. The minimum absolute atomic E-state index is 0.262. The quantitative estimate of drug-likeness (QED) is 0.600. The molecule has 1 saturated heterocycles. The minimum Gasteiger partial charge on any atom is -0.465 e. The SMILES string of the molecule is O=C(O)N1CCOC[C@H]1c1ccccc1Cn1c(=S)[nH]c(=O)c2[nH]ccc21. The molecule has 0 saturated carbocycles. The third kappa shape index (κ3) is 3.15. The maximum atomic E-state index is 12.0. The number of carboxylic acid groups (broad SMARTS) is 1. The summed E-state index contributed by atoms with van der Waals surface area (Å²) in [5.74, 6) is 0. The maximum Gasteiger partial charge on any atom is 0.407 e. The van der Waals surface area contributed by atoms with Gasteiger partial charge in [0.2, 0.25) is 0 Å². The normalized spacial score (nSPS) is 17.3. The number of H-pyrrole nitrogens is 2. The van der Waals surface area contributed by atoms with Gasteiger partial charge in [-0.2, -0.15) is 0 Å². The summed E-state index contributed by atoms with van der Waals surface area (Å²) >= 11 is 5.36. The van der Waals surface area contributed by atoms with Gasteiger partial charge in [-0.15, -0.1) is 0 Å². The molecule has 3 N–H and O–H groups in total. The van der Waals surface area contributed by atoms with Crippen LogP contribution in [0.2, 0.25) is 0 Å². The Kier molecular flexibility index (Phi) is 4.54. The van der Waals surface area contributed by atoms with Crippen LogP contribution in [-0.2, 0) is 11.3 Å². The standard InChI is InChI=1S/C18H18N4O4S/c23-16-15-13(5-6-19-15)22(17(27)20-16)9-11-3-1-2-4-12(11)14-10-26-8-7-21(14)18(24)25/h1-6,14,19H,7-10H2,(H,24,25)(H,20,23,27)/t14-/m0/s1. The molecule has 9 heteroatoms. The average molecular weight is 386 g/mol. The zero-order valence-electron chi connectivity index (χ0n) is 14.3. The minimum atomic E-state index is -0.966. The Morgan fingerprint density at radius 2 is 2.15 bits per heavy atom. The van der Waals surface area contributed by atoms with Crippen LogP contribution in [0.15, 0.2) is 41.3 Å². The second-order valence-electron chi connectivity index (χ2n) is 6.35. The van der Waals surface area contributed by atoms with E-state index in [2.05, 4.69) is 9.97 Å². The molecule has 1 aromatic carbocycles. The van der Waals surface area contributed by atoms with Crippen molar-refractivity contribution in [2.75, 3.05) is 19.8 Å². The number of rotatable bonds is 3. The van der Waals surface area contributed by atoms with Gasteiger partial charge in [0.1, 0.15) is 5.52 Å². The van der Waals surface area contributed by atoms with Gasteiger partial charge in [0.15, 0.2) is 4.77 Å². The second-order valence-corrected chi connectivity index (χ2v) is 6.74. The van der Waals surface area contributed by atoms with Crippen molar-refractivity contribution in [1.82, 2.24) is 19.4 Å². The molecular formula is C18H18N4O4S. The summed E-state index contributed by atoms with van der Waals surface area (Å²) in [7, 11) is 0. The van der Waals surface area contributed by atoms with Crippen LogP contribution in [0.5, 0.6) is 0 Å². The first-order valence-corrected chi connectivity index (χ1v) is 8.92. The number of hydrogen-bond acceptors (Lipinski definition) is 4. The third-order valence-electron chi connectivity index (χ3n) is 4.83. The molecule has 0 spiro atoms. The van der Waals surface area contributed by atoms with Gasteiger partial charge in [0.05, 0.1) is 31.3 Å². The van der Waals surface area contributed by atoms with Crippen LogP contribution >= 0.6 is 12.2 Å². The molecule has 27 heavy (non-hydrogen) atoms. The number of ether oxygens (including phenoxy) is 1.